The van der Waals surface area contributed by atoms with Crippen LogP contribution in [0, 0.1) is 0 Å². The van der Waals surface area contributed by atoms with E-state index in [0.29, 0.717) is 6.42 Å². The first-order valence-corrected chi connectivity index (χ1v) is 4.17. The van der Waals surface area contributed by atoms with Gasteiger partial charge in [0.05, 0.1) is 5.92 Å². The van der Waals surface area contributed by atoms with Crippen molar-refractivity contribution in [3.05, 3.63) is 29.8 Å². The van der Waals surface area contributed by atoms with Crippen molar-refractivity contribution in [1.82, 2.24) is 0 Å². The summed E-state index contributed by atoms with van der Waals surface area (Å²) in [7, 11) is 0. The summed E-state index contributed by atoms with van der Waals surface area (Å²) in [6.07, 6.45) is 0.556. The zero-order valence-electron chi connectivity index (χ0n) is 7.40. The Morgan fingerprint density at radius 3 is 2.31 bits per heavy atom. The van der Waals surface area contributed by atoms with E-state index in [1.54, 1.807) is 12.1 Å². The minimum atomic E-state index is -0.826. The molecule has 0 aromatic heterocycles. The van der Waals surface area contributed by atoms with Gasteiger partial charge in [-0.1, -0.05) is 19.1 Å². The van der Waals surface area contributed by atoms with Gasteiger partial charge in [-0.25, -0.2) is 0 Å². The molecule has 0 fully saturated rings. The highest BCUT2D eigenvalue weighted by atomic mass is 16.4. The number of phenols is 1. The predicted octanol–water partition coefficient (Wildman–Crippen LogP) is 1.97. The van der Waals surface area contributed by atoms with Gasteiger partial charge in [-0.3, -0.25) is 4.79 Å². The first kappa shape index (κ1) is 9.58. The maximum atomic E-state index is 10.8. The lowest BCUT2D eigenvalue weighted by molar-refractivity contribution is -0.138. The van der Waals surface area contributed by atoms with Gasteiger partial charge in [0, 0.05) is 0 Å². The van der Waals surface area contributed by atoms with Crippen LogP contribution in [0.5, 0.6) is 5.75 Å². The van der Waals surface area contributed by atoms with Crippen molar-refractivity contribution >= 4 is 5.97 Å². The van der Waals surface area contributed by atoms with Crippen molar-refractivity contribution in [3.8, 4) is 5.75 Å². The van der Waals surface area contributed by atoms with E-state index in [1.165, 1.54) is 12.1 Å². The number of hydrogen-bond donors (Lipinski definition) is 2. The summed E-state index contributed by atoms with van der Waals surface area (Å²) in [5.74, 6) is -1.14. The molecule has 1 rings (SSSR count). The predicted molar refractivity (Wildman–Crippen MR) is 48.8 cm³/mol. The zero-order chi connectivity index (χ0) is 9.84. The van der Waals surface area contributed by atoms with Crippen LogP contribution in [0.1, 0.15) is 24.8 Å². The van der Waals surface area contributed by atoms with Crippen molar-refractivity contribution < 1.29 is 15.0 Å². The van der Waals surface area contributed by atoms with Crippen molar-refractivity contribution in [2.45, 2.75) is 19.3 Å². The third-order valence-corrected chi connectivity index (χ3v) is 2.00. The summed E-state index contributed by atoms with van der Waals surface area (Å²) in [4.78, 5) is 10.8. The molecule has 1 atom stereocenters. The molecule has 0 bridgehead atoms. The van der Waals surface area contributed by atoms with Gasteiger partial charge in [0.15, 0.2) is 0 Å². The lowest BCUT2D eigenvalue weighted by atomic mass is 9.97. The van der Waals surface area contributed by atoms with Gasteiger partial charge >= 0.3 is 5.97 Å². The van der Waals surface area contributed by atoms with E-state index in [1.807, 2.05) is 6.92 Å². The number of carboxylic acids is 1. The number of rotatable bonds is 3. The fourth-order valence-corrected chi connectivity index (χ4v) is 1.26. The Morgan fingerprint density at radius 2 is 1.92 bits per heavy atom. The van der Waals surface area contributed by atoms with Gasteiger partial charge in [-0.05, 0) is 24.1 Å². The van der Waals surface area contributed by atoms with E-state index in [-0.39, 0.29) is 5.75 Å². The average Bonchev–Trinajstić information content (AvgIpc) is 2.09. The monoisotopic (exact) mass is 180 g/mol. The molecule has 0 amide bonds. The summed E-state index contributed by atoms with van der Waals surface area (Å²) in [6.45, 7) is 1.83. The minimum absolute atomic E-state index is 0.156. The molecule has 0 saturated carbocycles. The van der Waals surface area contributed by atoms with Gasteiger partial charge in [0.2, 0.25) is 0 Å². The third kappa shape index (κ3) is 2.21. The van der Waals surface area contributed by atoms with Crippen LogP contribution in [0.15, 0.2) is 24.3 Å². The Morgan fingerprint density at radius 1 is 1.38 bits per heavy atom. The van der Waals surface area contributed by atoms with E-state index in [0.717, 1.165) is 5.56 Å². The molecular formula is C10H12O3. The lowest BCUT2D eigenvalue weighted by Gasteiger charge is -2.09. The molecule has 1 aromatic carbocycles. The van der Waals surface area contributed by atoms with Gasteiger partial charge in [-0.2, -0.15) is 0 Å². The normalized spacial score (nSPS) is 12.4. The van der Waals surface area contributed by atoms with Crippen molar-refractivity contribution in [2.75, 3.05) is 0 Å². The first-order chi connectivity index (χ1) is 6.15. The maximum absolute atomic E-state index is 10.8. The maximum Gasteiger partial charge on any atom is 0.310 e. The highest BCUT2D eigenvalue weighted by Gasteiger charge is 2.16. The first-order valence-electron chi connectivity index (χ1n) is 4.17. The molecular weight excluding hydrogens is 168 g/mol. The molecule has 3 nitrogen and oxygen atoms in total. The van der Waals surface area contributed by atoms with Gasteiger partial charge in [0.25, 0.3) is 0 Å². The van der Waals surface area contributed by atoms with Crippen LogP contribution in [0.2, 0.25) is 0 Å². The Labute approximate surface area is 76.6 Å². The quantitative estimate of drug-likeness (QED) is 0.747. The molecule has 0 unspecified atom stereocenters. The highest BCUT2D eigenvalue weighted by Crippen LogP contribution is 2.21. The van der Waals surface area contributed by atoms with Crippen molar-refractivity contribution in [2.24, 2.45) is 0 Å². The number of aromatic hydroxyl groups is 1. The number of benzene rings is 1. The van der Waals surface area contributed by atoms with Crippen LogP contribution < -0.4 is 0 Å². The van der Waals surface area contributed by atoms with E-state index in [9.17, 15) is 4.79 Å². The lowest BCUT2D eigenvalue weighted by Crippen LogP contribution is -2.09. The van der Waals surface area contributed by atoms with Crippen LogP contribution in [0.4, 0.5) is 0 Å². The Bertz CT molecular complexity index is 290. The molecule has 3 heteroatoms. The van der Waals surface area contributed by atoms with E-state index < -0.39 is 11.9 Å². The highest BCUT2D eigenvalue weighted by molar-refractivity contribution is 5.76. The van der Waals surface area contributed by atoms with Gasteiger partial charge in [0.1, 0.15) is 5.75 Å². The molecule has 2 N–H and O–H groups in total. The number of carbonyl (C=O) groups is 1. The van der Waals surface area contributed by atoms with Crippen LogP contribution in [-0.2, 0) is 4.79 Å². The van der Waals surface area contributed by atoms with Gasteiger partial charge in [-0.15, -0.1) is 0 Å². The fraction of sp³-hybridized carbons (Fsp3) is 0.300. The third-order valence-electron chi connectivity index (χ3n) is 2.00. The van der Waals surface area contributed by atoms with Crippen LogP contribution in [0.3, 0.4) is 0 Å². The molecule has 70 valence electrons. The minimum Gasteiger partial charge on any atom is -0.508 e. The summed E-state index contributed by atoms with van der Waals surface area (Å²) < 4.78 is 0. The van der Waals surface area contributed by atoms with Gasteiger partial charge < -0.3 is 10.2 Å². The molecule has 13 heavy (non-hydrogen) atoms. The Hall–Kier alpha value is -1.51. The second-order valence-electron chi connectivity index (χ2n) is 2.89. The molecule has 0 aliphatic carbocycles. The SMILES string of the molecule is CC[C@H](C(=O)O)c1ccc(O)cc1. The molecule has 0 saturated heterocycles. The zero-order valence-corrected chi connectivity index (χ0v) is 7.40. The molecule has 0 heterocycles. The number of aliphatic carboxylic acids is 1. The molecule has 1 aromatic rings. The van der Waals surface area contributed by atoms with Crippen LogP contribution in [-0.4, -0.2) is 16.2 Å². The Kier molecular flexibility index (Phi) is 2.90. The summed E-state index contributed by atoms with van der Waals surface area (Å²) >= 11 is 0. The molecule has 0 spiro atoms. The van der Waals surface area contributed by atoms with Crippen LogP contribution >= 0.6 is 0 Å². The van der Waals surface area contributed by atoms with Crippen LogP contribution in [0.25, 0.3) is 0 Å². The smallest absolute Gasteiger partial charge is 0.310 e. The topological polar surface area (TPSA) is 57.5 Å². The van der Waals surface area contributed by atoms with E-state index in [2.05, 4.69) is 0 Å². The van der Waals surface area contributed by atoms with E-state index >= 15 is 0 Å². The number of hydrogen-bond acceptors (Lipinski definition) is 2. The fourth-order valence-electron chi connectivity index (χ4n) is 1.26. The number of phenolic OH excluding ortho intramolecular Hbond substituents is 1. The standard InChI is InChI=1S/C10H12O3/c1-2-9(10(12)13)7-3-5-8(11)6-4-7/h3-6,9,11H,2H2,1H3,(H,12,13)/t9-/m0/s1. The summed E-state index contributed by atoms with van der Waals surface area (Å²) in [5, 5.41) is 17.8. The molecule has 0 aliphatic rings. The largest absolute Gasteiger partial charge is 0.508 e. The van der Waals surface area contributed by atoms with Crippen molar-refractivity contribution in [3.63, 3.8) is 0 Å². The average molecular weight is 180 g/mol. The molecule has 0 aliphatic heterocycles. The molecule has 0 radical (unpaired) electrons. The second kappa shape index (κ2) is 3.94. The Balaban J connectivity index is 2.92. The van der Waals surface area contributed by atoms with E-state index in [4.69, 9.17) is 10.2 Å². The summed E-state index contributed by atoms with van der Waals surface area (Å²) in [6, 6.07) is 6.27. The summed E-state index contributed by atoms with van der Waals surface area (Å²) in [5.41, 5.74) is 0.729. The van der Waals surface area contributed by atoms with Crippen molar-refractivity contribution in [1.29, 1.82) is 0 Å². The number of carboxylic acid groups (broad SMARTS) is 1. The second-order valence-corrected chi connectivity index (χ2v) is 2.89.